The van der Waals surface area contributed by atoms with Crippen LogP contribution in [-0.4, -0.2) is 80.5 Å². The molecule has 1 aromatic heterocycles. The van der Waals surface area contributed by atoms with Crippen LogP contribution in [0.2, 0.25) is 0 Å². The molecule has 0 saturated carbocycles. The summed E-state index contributed by atoms with van der Waals surface area (Å²) in [5.74, 6) is -1.85. The first-order chi connectivity index (χ1) is 22.3. The SMILES string of the molecule is Fc1ccc(Cn2c(NC3CCN(CCNC(=S)NCCc4ccccc4)CC3)nc3ccccc32)cc1.O=C(O)/C=C/C(=O)O. The molecule has 4 aromatic rings. The number of hydrogen-bond acceptors (Lipinski definition) is 6. The molecule has 46 heavy (non-hydrogen) atoms. The van der Waals surface area contributed by atoms with Crippen LogP contribution in [0.15, 0.2) is 91.0 Å². The molecule has 0 radical (unpaired) electrons. The Morgan fingerprint density at radius 2 is 1.50 bits per heavy atom. The first-order valence-electron chi connectivity index (χ1n) is 15.1. The Morgan fingerprint density at radius 3 is 2.17 bits per heavy atom. The number of rotatable bonds is 12. The van der Waals surface area contributed by atoms with E-state index in [9.17, 15) is 14.0 Å². The van der Waals surface area contributed by atoms with Gasteiger partial charge in [-0.2, -0.15) is 0 Å². The van der Waals surface area contributed by atoms with Gasteiger partial charge in [0.05, 0.1) is 17.6 Å². The van der Waals surface area contributed by atoms with Gasteiger partial charge in [0.25, 0.3) is 0 Å². The number of aliphatic carboxylic acids is 2. The molecule has 242 valence electrons. The number of para-hydroxylation sites is 2. The van der Waals surface area contributed by atoms with Crippen LogP contribution in [0.25, 0.3) is 11.0 Å². The van der Waals surface area contributed by atoms with Crippen molar-refractivity contribution in [3.63, 3.8) is 0 Å². The number of piperidine rings is 1. The molecule has 2 heterocycles. The lowest BCUT2D eigenvalue weighted by atomic mass is 10.1. The zero-order valence-corrected chi connectivity index (χ0v) is 26.3. The van der Waals surface area contributed by atoms with E-state index in [1.165, 1.54) is 17.7 Å². The number of hydrogen-bond donors (Lipinski definition) is 5. The monoisotopic (exact) mass is 646 g/mol. The fraction of sp³-hybridized carbons (Fsp3) is 0.294. The second-order valence-electron chi connectivity index (χ2n) is 10.8. The molecule has 12 heteroatoms. The zero-order valence-electron chi connectivity index (χ0n) is 25.4. The number of likely N-dealkylation sites (tertiary alicyclic amines) is 1. The van der Waals surface area contributed by atoms with E-state index >= 15 is 0 Å². The number of thiocarbonyl (C=S) groups is 1. The normalized spacial score (nSPS) is 13.6. The first-order valence-corrected chi connectivity index (χ1v) is 15.6. The zero-order chi connectivity index (χ0) is 32.7. The average molecular weight is 647 g/mol. The van der Waals surface area contributed by atoms with Gasteiger partial charge in [-0.15, -0.1) is 0 Å². The second kappa shape index (κ2) is 17.6. The maximum Gasteiger partial charge on any atom is 0.328 e. The number of carboxylic acids is 2. The number of nitrogens with one attached hydrogen (secondary N) is 3. The van der Waals surface area contributed by atoms with E-state index < -0.39 is 11.9 Å². The predicted molar refractivity (Wildman–Crippen MR) is 181 cm³/mol. The molecular weight excluding hydrogens is 607 g/mol. The van der Waals surface area contributed by atoms with Crippen molar-refractivity contribution in [1.29, 1.82) is 0 Å². The van der Waals surface area contributed by atoms with Crippen LogP contribution in [-0.2, 0) is 22.6 Å². The summed E-state index contributed by atoms with van der Waals surface area (Å²) < 4.78 is 15.6. The molecule has 5 N–H and O–H groups in total. The van der Waals surface area contributed by atoms with Crippen LogP contribution < -0.4 is 16.0 Å². The summed E-state index contributed by atoms with van der Waals surface area (Å²) >= 11 is 5.44. The number of anilines is 1. The lowest BCUT2D eigenvalue weighted by molar-refractivity contribution is -0.134. The van der Waals surface area contributed by atoms with Crippen LogP contribution in [0.4, 0.5) is 10.3 Å². The predicted octanol–water partition coefficient (Wildman–Crippen LogP) is 4.52. The van der Waals surface area contributed by atoms with Crippen LogP contribution in [0.5, 0.6) is 0 Å². The Hall–Kier alpha value is -4.81. The molecule has 0 atom stereocenters. The van der Waals surface area contributed by atoms with Gasteiger partial charge in [-0.1, -0.05) is 54.6 Å². The van der Waals surface area contributed by atoms with Gasteiger partial charge in [0.1, 0.15) is 5.82 Å². The standard InChI is InChI=1S/C30H35FN6S.C4H4O4/c31-25-12-10-24(11-13-25)22-37-28-9-5-4-8-27(28)35-29(37)34-26-15-19-36(20-16-26)21-18-33-30(38)32-17-14-23-6-2-1-3-7-23;5-3(6)1-2-4(7)8/h1-13,26H,14-22H2,(H,34,35)(H2,32,33,38);1-2H,(H,5,6)(H,7,8)/b;2-1+. The van der Waals surface area contributed by atoms with Crippen LogP contribution in [0.3, 0.4) is 0 Å². The molecule has 1 saturated heterocycles. The fourth-order valence-electron chi connectivity index (χ4n) is 5.10. The topological polar surface area (TPSA) is 132 Å². The van der Waals surface area contributed by atoms with Crippen molar-refractivity contribution in [3.8, 4) is 0 Å². The van der Waals surface area contributed by atoms with E-state index in [4.69, 9.17) is 27.4 Å². The highest BCUT2D eigenvalue weighted by molar-refractivity contribution is 7.80. The van der Waals surface area contributed by atoms with Crippen LogP contribution >= 0.6 is 12.2 Å². The molecular formula is C34H39FN6O4S. The maximum absolute atomic E-state index is 13.4. The Labute approximate surface area is 272 Å². The molecule has 1 aliphatic heterocycles. The largest absolute Gasteiger partial charge is 0.478 e. The van der Waals surface area contributed by atoms with Gasteiger partial charge in [0.2, 0.25) is 5.95 Å². The Balaban J connectivity index is 0.000000533. The highest BCUT2D eigenvalue weighted by atomic mass is 32.1. The summed E-state index contributed by atoms with van der Waals surface area (Å²) in [6.07, 6.45) is 4.19. The quantitative estimate of drug-likeness (QED) is 0.111. The third-order valence-electron chi connectivity index (χ3n) is 7.45. The van der Waals surface area contributed by atoms with Gasteiger partial charge in [0.15, 0.2) is 5.11 Å². The number of carboxylic acid groups (broad SMARTS) is 2. The smallest absolute Gasteiger partial charge is 0.328 e. The number of nitrogens with zero attached hydrogens (tertiary/aromatic N) is 3. The molecule has 3 aromatic carbocycles. The van der Waals surface area contributed by atoms with Crippen molar-refractivity contribution >= 4 is 46.3 Å². The number of fused-ring (bicyclic) bond motifs is 1. The lowest BCUT2D eigenvalue weighted by Gasteiger charge is -2.32. The molecule has 10 nitrogen and oxygen atoms in total. The number of halogens is 1. The number of aromatic nitrogens is 2. The summed E-state index contributed by atoms with van der Waals surface area (Å²) in [7, 11) is 0. The van der Waals surface area contributed by atoms with Gasteiger partial charge >= 0.3 is 11.9 Å². The highest BCUT2D eigenvalue weighted by Crippen LogP contribution is 2.24. The van der Waals surface area contributed by atoms with E-state index in [2.05, 4.69) is 55.7 Å². The molecule has 1 aliphatic rings. The van der Waals surface area contributed by atoms with Gasteiger partial charge in [-0.25, -0.2) is 19.0 Å². The molecule has 5 rings (SSSR count). The average Bonchev–Trinajstić information content (AvgIpc) is 3.39. The molecule has 0 aliphatic carbocycles. The van der Waals surface area contributed by atoms with Gasteiger partial charge in [-0.05, 0) is 66.9 Å². The minimum absolute atomic E-state index is 0.217. The van der Waals surface area contributed by atoms with Crippen LogP contribution in [0.1, 0.15) is 24.0 Å². The van der Waals surface area contributed by atoms with Gasteiger partial charge in [-0.3, -0.25) is 0 Å². The van der Waals surface area contributed by atoms with Crippen molar-refractivity contribution in [2.24, 2.45) is 0 Å². The Bertz CT molecular complexity index is 1590. The van der Waals surface area contributed by atoms with Crippen molar-refractivity contribution in [3.05, 3.63) is 108 Å². The molecule has 0 bridgehead atoms. The van der Waals surface area contributed by atoms with E-state index in [0.717, 1.165) is 79.6 Å². The second-order valence-corrected chi connectivity index (χ2v) is 11.2. The summed E-state index contributed by atoms with van der Waals surface area (Å²) in [6.45, 7) is 5.35. The molecule has 0 spiro atoms. The minimum Gasteiger partial charge on any atom is -0.478 e. The van der Waals surface area contributed by atoms with E-state index in [0.29, 0.717) is 24.7 Å². The molecule has 0 amide bonds. The number of imidazole rings is 1. The molecule has 1 fully saturated rings. The summed E-state index contributed by atoms with van der Waals surface area (Å²) in [4.78, 5) is 26.5. The molecule has 0 unspecified atom stereocenters. The number of carbonyl (C=O) groups is 2. The van der Waals surface area contributed by atoms with E-state index in [1.807, 2.05) is 36.4 Å². The van der Waals surface area contributed by atoms with E-state index in [-0.39, 0.29) is 5.82 Å². The summed E-state index contributed by atoms with van der Waals surface area (Å²) in [6, 6.07) is 25.7. The Kier molecular flexibility index (Phi) is 13.0. The van der Waals surface area contributed by atoms with Crippen molar-refractivity contribution in [1.82, 2.24) is 25.1 Å². The van der Waals surface area contributed by atoms with Crippen molar-refractivity contribution in [2.45, 2.75) is 31.8 Å². The summed E-state index contributed by atoms with van der Waals surface area (Å²) in [5.41, 5.74) is 4.41. The third kappa shape index (κ3) is 11.3. The summed E-state index contributed by atoms with van der Waals surface area (Å²) in [5, 5.41) is 26.7. The minimum atomic E-state index is -1.26. The number of benzene rings is 3. The fourth-order valence-corrected chi connectivity index (χ4v) is 5.30. The third-order valence-corrected chi connectivity index (χ3v) is 7.74. The Morgan fingerprint density at radius 1 is 0.870 bits per heavy atom. The van der Waals surface area contributed by atoms with Crippen molar-refractivity contribution < 1.29 is 24.2 Å². The lowest BCUT2D eigenvalue weighted by Crippen LogP contribution is -2.44. The van der Waals surface area contributed by atoms with Gasteiger partial charge < -0.3 is 35.6 Å². The van der Waals surface area contributed by atoms with Crippen LogP contribution in [0, 0.1) is 5.82 Å². The van der Waals surface area contributed by atoms with Gasteiger partial charge in [0, 0.05) is 50.9 Å². The first kappa shape index (κ1) is 34.1. The van der Waals surface area contributed by atoms with E-state index in [1.54, 1.807) is 0 Å². The maximum atomic E-state index is 13.4. The highest BCUT2D eigenvalue weighted by Gasteiger charge is 2.21. The van der Waals surface area contributed by atoms with Crippen molar-refractivity contribution in [2.75, 3.05) is 38.0 Å².